The summed E-state index contributed by atoms with van der Waals surface area (Å²) < 4.78 is 6.39. The minimum absolute atomic E-state index is 0.0145. The molecule has 0 saturated carbocycles. The van der Waals surface area contributed by atoms with E-state index in [0.29, 0.717) is 11.3 Å². The van der Waals surface area contributed by atoms with Crippen molar-refractivity contribution in [1.82, 2.24) is 9.88 Å². The van der Waals surface area contributed by atoms with Gasteiger partial charge < -0.3 is 15.4 Å². The number of nitrogens with zero attached hydrogens (tertiary/aromatic N) is 2. The molecule has 1 fully saturated rings. The van der Waals surface area contributed by atoms with E-state index < -0.39 is 5.91 Å². The lowest BCUT2D eigenvalue weighted by atomic mass is 10.1. The first-order chi connectivity index (χ1) is 13.1. The van der Waals surface area contributed by atoms with Gasteiger partial charge in [0.25, 0.3) is 11.8 Å². The number of likely N-dealkylation sites (tertiary alicyclic amines) is 1. The van der Waals surface area contributed by atoms with Crippen molar-refractivity contribution in [2.75, 3.05) is 13.2 Å². The molecule has 0 bridgehead atoms. The number of ether oxygens (including phenoxy) is 1. The molecule has 2 aromatic carbocycles. The monoisotopic (exact) mass is 381 g/mol. The van der Waals surface area contributed by atoms with E-state index in [-0.39, 0.29) is 18.6 Å². The van der Waals surface area contributed by atoms with Gasteiger partial charge in [-0.3, -0.25) is 9.59 Å². The number of carbonyl (C=O) groups is 2. The normalized spacial score (nSPS) is 16.6. The van der Waals surface area contributed by atoms with Gasteiger partial charge in [0, 0.05) is 12.1 Å². The van der Waals surface area contributed by atoms with Crippen molar-refractivity contribution >= 4 is 33.4 Å². The van der Waals surface area contributed by atoms with E-state index in [4.69, 9.17) is 15.5 Å². The minimum atomic E-state index is -0.536. The van der Waals surface area contributed by atoms with Crippen LogP contribution in [0.4, 0.5) is 0 Å². The summed E-state index contributed by atoms with van der Waals surface area (Å²) in [5.74, 6) is -0.0430. The van der Waals surface area contributed by atoms with Crippen LogP contribution in [-0.2, 0) is 4.79 Å². The number of fused-ring (bicyclic) bond motifs is 1. The number of benzene rings is 2. The van der Waals surface area contributed by atoms with E-state index in [1.807, 2.05) is 23.1 Å². The van der Waals surface area contributed by atoms with Gasteiger partial charge >= 0.3 is 0 Å². The lowest BCUT2D eigenvalue weighted by molar-refractivity contribution is -0.119. The van der Waals surface area contributed by atoms with Crippen LogP contribution < -0.4 is 10.5 Å². The number of aromatic nitrogens is 1. The summed E-state index contributed by atoms with van der Waals surface area (Å²) >= 11 is 1.65. The SMILES string of the molecule is NC(=O)COc1ccc(C(=O)N2CCC[C@H]2c2nc3ccccc3s2)cc1. The molecule has 1 saturated heterocycles. The fourth-order valence-electron chi connectivity index (χ4n) is 3.31. The molecule has 27 heavy (non-hydrogen) atoms. The summed E-state index contributed by atoms with van der Waals surface area (Å²) in [5, 5.41) is 0.989. The highest BCUT2D eigenvalue weighted by Crippen LogP contribution is 2.37. The Morgan fingerprint density at radius 1 is 1.19 bits per heavy atom. The number of nitrogens with two attached hydrogens (primary N) is 1. The molecule has 1 aliphatic rings. The third-order valence-corrected chi connectivity index (χ3v) is 5.73. The molecule has 0 spiro atoms. The van der Waals surface area contributed by atoms with Crippen molar-refractivity contribution in [3.05, 3.63) is 59.1 Å². The third-order valence-electron chi connectivity index (χ3n) is 4.59. The van der Waals surface area contributed by atoms with E-state index in [1.165, 1.54) is 0 Å². The first kappa shape index (κ1) is 17.5. The zero-order chi connectivity index (χ0) is 18.8. The number of hydrogen-bond acceptors (Lipinski definition) is 5. The number of rotatable bonds is 5. The van der Waals surface area contributed by atoms with E-state index in [9.17, 15) is 9.59 Å². The van der Waals surface area contributed by atoms with Crippen LogP contribution in [-0.4, -0.2) is 34.8 Å². The fraction of sp³-hybridized carbons (Fsp3) is 0.250. The lowest BCUT2D eigenvalue weighted by Gasteiger charge is -2.23. The zero-order valence-corrected chi connectivity index (χ0v) is 15.4. The number of para-hydroxylation sites is 1. The molecule has 0 radical (unpaired) electrons. The van der Waals surface area contributed by atoms with Crippen LogP contribution in [0.3, 0.4) is 0 Å². The van der Waals surface area contributed by atoms with Gasteiger partial charge in [0.15, 0.2) is 6.61 Å². The van der Waals surface area contributed by atoms with Crippen LogP contribution in [0.2, 0.25) is 0 Å². The van der Waals surface area contributed by atoms with Gasteiger partial charge in [-0.25, -0.2) is 4.98 Å². The Morgan fingerprint density at radius 2 is 1.96 bits per heavy atom. The molecule has 1 aliphatic heterocycles. The van der Waals surface area contributed by atoms with Crippen LogP contribution in [0, 0.1) is 0 Å². The Morgan fingerprint density at radius 3 is 2.70 bits per heavy atom. The maximum Gasteiger partial charge on any atom is 0.255 e. The Balaban J connectivity index is 1.52. The predicted octanol–water partition coefficient (Wildman–Crippen LogP) is 3.14. The van der Waals surface area contributed by atoms with Crippen LogP contribution >= 0.6 is 11.3 Å². The molecular formula is C20H19N3O3S. The molecule has 1 atom stereocenters. The number of amides is 2. The van der Waals surface area contributed by atoms with Crippen LogP contribution in [0.1, 0.15) is 34.2 Å². The topological polar surface area (TPSA) is 85.5 Å². The molecule has 0 aliphatic carbocycles. The molecule has 0 unspecified atom stereocenters. The number of primary amides is 1. The maximum absolute atomic E-state index is 13.0. The van der Waals surface area contributed by atoms with Crippen molar-refractivity contribution in [2.24, 2.45) is 5.73 Å². The molecule has 1 aromatic heterocycles. The average Bonchev–Trinajstić information content (AvgIpc) is 3.32. The quantitative estimate of drug-likeness (QED) is 0.736. The Kier molecular flexibility index (Phi) is 4.77. The van der Waals surface area contributed by atoms with Crippen molar-refractivity contribution in [3.63, 3.8) is 0 Å². The summed E-state index contributed by atoms with van der Waals surface area (Å²) in [6.07, 6.45) is 1.89. The lowest BCUT2D eigenvalue weighted by Crippen LogP contribution is -2.30. The largest absolute Gasteiger partial charge is 0.484 e. The molecule has 3 aromatic rings. The smallest absolute Gasteiger partial charge is 0.255 e. The van der Waals surface area contributed by atoms with Crippen LogP contribution in [0.25, 0.3) is 10.2 Å². The summed E-state index contributed by atoms with van der Waals surface area (Å²) in [4.78, 5) is 30.4. The highest BCUT2D eigenvalue weighted by molar-refractivity contribution is 7.18. The van der Waals surface area contributed by atoms with Gasteiger partial charge in [0.05, 0.1) is 16.3 Å². The fourth-order valence-corrected chi connectivity index (χ4v) is 4.43. The van der Waals surface area contributed by atoms with Gasteiger partial charge in [-0.1, -0.05) is 12.1 Å². The second kappa shape index (κ2) is 7.36. The standard InChI is InChI=1S/C20H19N3O3S/c21-18(24)12-26-14-9-7-13(8-10-14)20(25)23-11-3-5-16(23)19-22-15-4-1-2-6-17(15)27-19/h1-2,4,6-10,16H,3,5,11-12H2,(H2,21,24)/t16-/m0/s1. The molecule has 2 amide bonds. The number of carbonyl (C=O) groups excluding carboxylic acids is 2. The minimum Gasteiger partial charge on any atom is -0.484 e. The third kappa shape index (κ3) is 3.64. The maximum atomic E-state index is 13.0. The zero-order valence-electron chi connectivity index (χ0n) is 14.6. The van der Waals surface area contributed by atoms with Crippen LogP contribution in [0.5, 0.6) is 5.75 Å². The second-order valence-corrected chi connectivity index (χ2v) is 7.52. The number of thiazole rings is 1. The van der Waals surface area contributed by atoms with Gasteiger partial charge in [0.1, 0.15) is 10.8 Å². The summed E-state index contributed by atoms with van der Waals surface area (Å²) in [7, 11) is 0. The predicted molar refractivity (Wildman–Crippen MR) is 104 cm³/mol. The van der Waals surface area contributed by atoms with Crippen molar-refractivity contribution in [1.29, 1.82) is 0 Å². The van der Waals surface area contributed by atoms with Crippen molar-refractivity contribution in [3.8, 4) is 5.75 Å². The molecular weight excluding hydrogens is 362 g/mol. The van der Waals surface area contributed by atoms with Gasteiger partial charge in [0.2, 0.25) is 0 Å². The summed E-state index contributed by atoms with van der Waals surface area (Å²) in [5.41, 5.74) is 6.64. The second-order valence-electron chi connectivity index (χ2n) is 6.46. The molecule has 7 heteroatoms. The first-order valence-electron chi connectivity index (χ1n) is 8.79. The summed E-state index contributed by atoms with van der Waals surface area (Å²) in [6, 6.07) is 14.8. The summed E-state index contributed by atoms with van der Waals surface area (Å²) in [6.45, 7) is 0.540. The van der Waals surface area contributed by atoms with Gasteiger partial charge in [-0.15, -0.1) is 11.3 Å². The Bertz CT molecular complexity index is 951. The van der Waals surface area contributed by atoms with Gasteiger partial charge in [-0.2, -0.15) is 0 Å². The molecule has 2 heterocycles. The average molecular weight is 381 g/mol. The van der Waals surface area contributed by atoms with E-state index in [1.54, 1.807) is 35.6 Å². The van der Waals surface area contributed by atoms with E-state index >= 15 is 0 Å². The van der Waals surface area contributed by atoms with Crippen LogP contribution in [0.15, 0.2) is 48.5 Å². The van der Waals surface area contributed by atoms with E-state index in [2.05, 4.69) is 6.07 Å². The number of hydrogen-bond donors (Lipinski definition) is 1. The van der Waals surface area contributed by atoms with E-state index in [0.717, 1.165) is 34.6 Å². The Hall–Kier alpha value is -2.93. The van der Waals surface area contributed by atoms with Crippen molar-refractivity contribution in [2.45, 2.75) is 18.9 Å². The molecule has 6 nitrogen and oxygen atoms in total. The molecule has 4 rings (SSSR count). The highest BCUT2D eigenvalue weighted by Gasteiger charge is 2.32. The van der Waals surface area contributed by atoms with Crippen molar-refractivity contribution < 1.29 is 14.3 Å². The highest BCUT2D eigenvalue weighted by atomic mass is 32.1. The molecule has 138 valence electrons. The first-order valence-corrected chi connectivity index (χ1v) is 9.61. The molecule has 2 N–H and O–H groups in total. The van der Waals surface area contributed by atoms with Gasteiger partial charge in [-0.05, 0) is 49.2 Å². The Labute approximate surface area is 160 Å².